The van der Waals surface area contributed by atoms with Gasteiger partial charge in [-0.1, -0.05) is 0 Å². The molecule has 0 fully saturated rings. The van der Waals surface area contributed by atoms with Crippen molar-refractivity contribution in [3.05, 3.63) is 0 Å². The zero-order valence-electron chi connectivity index (χ0n) is 5.29. The maximum absolute atomic E-state index is 9.54. The van der Waals surface area contributed by atoms with Gasteiger partial charge in [-0.25, -0.2) is 0 Å². The minimum absolute atomic E-state index is 0.0301. The first-order chi connectivity index (χ1) is 3.77. The van der Waals surface area contributed by atoms with E-state index in [2.05, 4.69) is 0 Å². The van der Waals surface area contributed by atoms with Crippen molar-refractivity contribution in [2.75, 3.05) is 7.11 Å². The van der Waals surface area contributed by atoms with Crippen LogP contribution in [0.5, 0.6) is 0 Å². The van der Waals surface area contributed by atoms with Crippen LogP contribution in [0.4, 0.5) is 0 Å². The number of nitrogens with two attached hydrogens (primary N) is 1. The molecule has 3 nitrogen and oxygen atoms in total. The van der Waals surface area contributed by atoms with Gasteiger partial charge in [0.1, 0.15) is 6.29 Å². The van der Waals surface area contributed by atoms with Crippen LogP contribution in [0, 0.1) is 0 Å². The Morgan fingerprint density at radius 3 is 2.12 bits per heavy atom. The molecule has 0 rings (SSSR count). The maximum atomic E-state index is 9.54. The van der Waals surface area contributed by atoms with E-state index in [1.807, 2.05) is 0 Å². The fourth-order valence-electron chi connectivity index (χ4n) is 0.152. The van der Waals surface area contributed by atoms with Gasteiger partial charge in [0.15, 0.2) is 0 Å². The van der Waals surface area contributed by atoms with E-state index in [1.165, 1.54) is 0 Å². The summed E-state index contributed by atoms with van der Waals surface area (Å²) >= 11 is 0. The van der Waals surface area contributed by atoms with E-state index < -0.39 is 0 Å². The number of hydrogen-bond donors (Lipinski definition) is 2. The average Bonchev–Trinajstić information content (AvgIpc) is 1.72. The van der Waals surface area contributed by atoms with Gasteiger partial charge >= 0.3 is 0 Å². The molecule has 0 bridgehead atoms. The lowest BCUT2D eigenvalue weighted by Gasteiger charge is -1.91. The van der Waals surface area contributed by atoms with Gasteiger partial charge in [0, 0.05) is 19.6 Å². The maximum Gasteiger partial charge on any atom is 0.121 e. The first-order valence-corrected chi connectivity index (χ1v) is 2.41. The molecule has 0 aliphatic carbocycles. The lowest BCUT2D eigenvalue weighted by molar-refractivity contribution is -0.108. The summed E-state index contributed by atoms with van der Waals surface area (Å²) in [5.74, 6) is 0. The van der Waals surface area contributed by atoms with Crippen LogP contribution in [0.2, 0.25) is 0 Å². The van der Waals surface area contributed by atoms with Gasteiger partial charge in [0.2, 0.25) is 0 Å². The summed E-state index contributed by atoms with van der Waals surface area (Å²) in [4.78, 5) is 9.54. The van der Waals surface area contributed by atoms with Crippen molar-refractivity contribution >= 4 is 6.29 Å². The number of hydrogen-bond acceptors (Lipinski definition) is 3. The molecule has 0 heterocycles. The van der Waals surface area contributed by atoms with Crippen LogP contribution in [0.15, 0.2) is 0 Å². The van der Waals surface area contributed by atoms with Gasteiger partial charge in [-0.2, -0.15) is 0 Å². The molecular formula is C5H13NO2. The molecule has 0 amide bonds. The van der Waals surface area contributed by atoms with Gasteiger partial charge in [-0.3, -0.25) is 0 Å². The molecule has 0 spiro atoms. The lowest BCUT2D eigenvalue weighted by Crippen LogP contribution is -2.14. The molecule has 0 aliphatic heterocycles. The third-order valence-corrected chi connectivity index (χ3v) is 0.468. The molecule has 1 unspecified atom stereocenters. The molecule has 50 valence electrons. The highest BCUT2D eigenvalue weighted by Crippen LogP contribution is 1.75. The molecule has 0 aromatic rings. The molecule has 8 heavy (non-hydrogen) atoms. The summed E-state index contributed by atoms with van der Waals surface area (Å²) in [6.45, 7) is 1.80. The largest absolute Gasteiger partial charge is 0.400 e. The Balaban J connectivity index is 0. The molecule has 0 aromatic heterocycles. The summed E-state index contributed by atoms with van der Waals surface area (Å²) in [6.07, 6.45) is 1.30. The van der Waals surface area contributed by atoms with Crippen molar-refractivity contribution in [2.24, 2.45) is 5.73 Å². The van der Waals surface area contributed by atoms with E-state index >= 15 is 0 Å². The molecule has 0 aliphatic rings. The number of aldehydes is 1. The number of rotatable bonds is 2. The minimum atomic E-state index is 0.0301. The Morgan fingerprint density at radius 2 is 2.12 bits per heavy atom. The summed E-state index contributed by atoms with van der Waals surface area (Å²) in [5.41, 5.74) is 5.17. The van der Waals surface area contributed by atoms with Crippen molar-refractivity contribution in [2.45, 2.75) is 19.4 Å². The Labute approximate surface area is 49.5 Å². The number of carbonyl (C=O) groups excluding carboxylic acids is 1. The molecule has 0 saturated carbocycles. The van der Waals surface area contributed by atoms with E-state index in [-0.39, 0.29) is 6.04 Å². The molecule has 3 heteroatoms. The first kappa shape index (κ1) is 10.5. The number of aliphatic hydroxyl groups is 1. The van der Waals surface area contributed by atoms with Gasteiger partial charge < -0.3 is 15.6 Å². The Morgan fingerprint density at radius 1 is 1.75 bits per heavy atom. The summed E-state index contributed by atoms with van der Waals surface area (Å²) in [5, 5.41) is 7.00. The lowest BCUT2D eigenvalue weighted by atomic mass is 10.3. The van der Waals surface area contributed by atoms with Crippen molar-refractivity contribution in [1.29, 1.82) is 0 Å². The predicted molar refractivity (Wildman–Crippen MR) is 32.5 cm³/mol. The molecule has 0 radical (unpaired) electrons. The van der Waals surface area contributed by atoms with Crippen molar-refractivity contribution in [1.82, 2.24) is 0 Å². The van der Waals surface area contributed by atoms with Crippen LogP contribution in [0.3, 0.4) is 0 Å². The minimum Gasteiger partial charge on any atom is -0.400 e. The smallest absolute Gasteiger partial charge is 0.121 e. The Bertz CT molecular complexity index is 45.7. The topological polar surface area (TPSA) is 63.3 Å². The molecular weight excluding hydrogens is 106 g/mol. The van der Waals surface area contributed by atoms with Crippen LogP contribution >= 0.6 is 0 Å². The van der Waals surface area contributed by atoms with Crippen LogP contribution in [-0.4, -0.2) is 24.5 Å². The highest BCUT2D eigenvalue weighted by atomic mass is 16.2. The second-order valence-electron chi connectivity index (χ2n) is 1.38. The SMILES string of the molecule is CC(N)CC=O.CO. The fraction of sp³-hybridized carbons (Fsp3) is 0.800. The molecule has 0 aromatic carbocycles. The van der Waals surface area contributed by atoms with Crippen molar-refractivity contribution < 1.29 is 9.90 Å². The fourth-order valence-corrected chi connectivity index (χ4v) is 0.152. The van der Waals surface area contributed by atoms with Crippen LogP contribution < -0.4 is 5.73 Å². The Kier molecular flexibility index (Phi) is 12.9. The summed E-state index contributed by atoms with van der Waals surface area (Å²) < 4.78 is 0. The summed E-state index contributed by atoms with van der Waals surface area (Å²) in [7, 11) is 1.00. The summed E-state index contributed by atoms with van der Waals surface area (Å²) in [6, 6.07) is 0.0301. The second-order valence-corrected chi connectivity index (χ2v) is 1.38. The average molecular weight is 119 g/mol. The third kappa shape index (κ3) is 17.6. The van der Waals surface area contributed by atoms with E-state index in [1.54, 1.807) is 6.92 Å². The molecule has 1 atom stereocenters. The zero-order valence-corrected chi connectivity index (χ0v) is 5.29. The third-order valence-electron chi connectivity index (χ3n) is 0.468. The standard InChI is InChI=1S/C4H9NO.CH4O/c1-4(5)2-3-6;1-2/h3-4H,2,5H2,1H3;2H,1H3. The predicted octanol–water partition coefficient (Wildman–Crippen LogP) is -0.469. The highest BCUT2D eigenvalue weighted by Gasteiger charge is 1.85. The van der Waals surface area contributed by atoms with E-state index in [0.29, 0.717) is 6.42 Å². The quantitative estimate of drug-likeness (QED) is 0.483. The first-order valence-electron chi connectivity index (χ1n) is 2.41. The normalized spacial score (nSPS) is 11.0. The Hall–Kier alpha value is -0.410. The van der Waals surface area contributed by atoms with Gasteiger partial charge in [0.05, 0.1) is 0 Å². The van der Waals surface area contributed by atoms with Crippen LogP contribution in [-0.2, 0) is 4.79 Å². The van der Waals surface area contributed by atoms with Crippen LogP contribution in [0.25, 0.3) is 0 Å². The molecule has 3 N–H and O–H groups in total. The van der Waals surface area contributed by atoms with E-state index in [9.17, 15) is 4.79 Å². The van der Waals surface area contributed by atoms with Crippen molar-refractivity contribution in [3.63, 3.8) is 0 Å². The van der Waals surface area contributed by atoms with E-state index in [4.69, 9.17) is 10.8 Å². The van der Waals surface area contributed by atoms with E-state index in [0.717, 1.165) is 13.4 Å². The number of carbonyl (C=O) groups is 1. The van der Waals surface area contributed by atoms with Gasteiger partial charge in [-0.15, -0.1) is 0 Å². The monoisotopic (exact) mass is 119 g/mol. The van der Waals surface area contributed by atoms with Crippen LogP contribution in [0.1, 0.15) is 13.3 Å². The molecule has 0 saturated heterocycles. The number of aliphatic hydroxyl groups excluding tert-OH is 1. The van der Waals surface area contributed by atoms with Gasteiger partial charge in [-0.05, 0) is 6.92 Å². The second kappa shape index (κ2) is 9.77. The highest BCUT2D eigenvalue weighted by molar-refractivity contribution is 5.50. The van der Waals surface area contributed by atoms with Gasteiger partial charge in [0.25, 0.3) is 0 Å². The van der Waals surface area contributed by atoms with Crippen molar-refractivity contribution in [3.8, 4) is 0 Å². The zero-order chi connectivity index (χ0) is 6.99.